The number of carbonyl (C=O) groups is 1. The molecule has 0 aliphatic heterocycles. The van der Waals surface area contributed by atoms with Gasteiger partial charge in [0.1, 0.15) is 17.3 Å². The predicted molar refractivity (Wildman–Crippen MR) is 105 cm³/mol. The molecule has 0 atom stereocenters. The van der Waals surface area contributed by atoms with Crippen LogP contribution in [-0.2, 0) is 6.42 Å². The molecule has 1 heterocycles. The van der Waals surface area contributed by atoms with E-state index in [1.165, 1.54) is 12.1 Å². The van der Waals surface area contributed by atoms with E-state index in [-0.39, 0.29) is 23.4 Å². The van der Waals surface area contributed by atoms with Crippen LogP contribution in [0.2, 0.25) is 0 Å². The number of halogens is 1. The second-order valence-corrected chi connectivity index (χ2v) is 6.21. The Morgan fingerprint density at radius 2 is 1.89 bits per heavy atom. The summed E-state index contributed by atoms with van der Waals surface area (Å²) >= 11 is 0. The Kier molecular flexibility index (Phi) is 6.16. The summed E-state index contributed by atoms with van der Waals surface area (Å²) in [6.07, 6.45) is 0.674. The maximum absolute atomic E-state index is 13.0. The van der Waals surface area contributed by atoms with Crippen molar-refractivity contribution in [1.82, 2.24) is 15.3 Å². The van der Waals surface area contributed by atoms with Gasteiger partial charge in [-0.05, 0) is 61.4 Å². The monoisotopic (exact) mass is 380 g/mol. The fourth-order valence-corrected chi connectivity index (χ4v) is 2.64. The van der Waals surface area contributed by atoms with Crippen molar-refractivity contribution in [3.05, 3.63) is 77.4 Å². The van der Waals surface area contributed by atoms with Crippen LogP contribution in [-0.4, -0.2) is 29.5 Å². The van der Waals surface area contributed by atoms with Gasteiger partial charge in [-0.15, -0.1) is 0 Å². The molecule has 7 heteroatoms. The highest BCUT2D eigenvalue weighted by molar-refractivity contribution is 5.92. The summed E-state index contributed by atoms with van der Waals surface area (Å²) in [5.74, 6) is 0.457. The maximum atomic E-state index is 13.0. The van der Waals surface area contributed by atoms with Gasteiger partial charge in [0, 0.05) is 17.9 Å². The van der Waals surface area contributed by atoms with Crippen molar-refractivity contribution in [3.8, 4) is 5.75 Å². The number of benzene rings is 2. The molecule has 0 saturated heterocycles. The van der Waals surface area contributed by atoms with Gasteiger partial charge in [-0.3, -0.25) is 4.79 Å². The summed E-state index contributed by atoms with van der Waals surface area (Å²) in [7, 11) is 1.62. The van der Waals surface area contributed by atoms with Crippen molar-refractivity contribution in [2.45, 2.75) is 13.3 Å². The quantitative estimate of drug-likeness (QED) is 0.654. The minimum atomic E-state index is -0.327. The average Bonchev–Trinajstić information content (AvgIpc) is 2.69. The molecule has 144 valence electrons. The van der Waals surface area contributed by atoms with Gasteiger partial charge in [-0.2, -0.15) is 0 Å². The second-order valence-electron chi connectivity index (χ2n) is 6.21. The Morgan fingerprint density at radius 3 is 2.64 bits per heavy atom. The molecule has 0 fully saturated rings. The van der Waals surface area contributed by atoms with Crippen molar-refractivity contribution >= 4 is 17.5 Å². The van der Waals surface area contributed by atoms with Gasteiger partial charge < -0.3 is 15.4 Å². The van der Waals surface area contributed by atoms with Crippen LogP contribution < -0.4 is 15.4 Å². The van der Waals surface area contributed by atoms with E-state index in [1.54, 1.807) is 32.2 Å². The third kappa shape index (κ3) is 5.26. The van der Waals surface area contributed by atoms with Crippen LogP contribution in [0.4, 0.5) is 16.0 Å². The summed E-state index contributed by atoms with van der Waals surface area (Å²) in [5, 5.41) is 5.84. The van der Waals surface area contributed by atoms with Crippen molar-refractivity contribution in [3.63, 3.8) is 0 Å². The topological polar surface area (TPSA) is 76.1 Å². The molecule has 0 spiro atoms. The first-order chi connectivity index (χ1) is 13.5. The molecule has 0 bridgehead atoms. The van der Waals surface area contributed by atoms with Crippen molar-refractivity contribution in [1.29, 1.82) is 0 Å². The highest BCUT2D eigenvalue weighted by atomic mass is 19.1. The lowest BCUT2D eigenvalue weighted by Crippen LogP contribution is -2.27. The summed E-state index contributed by atoms with van der Waals surface area (Å²) in [4.78, 5) is 21.0. The van der Waals surface area contributed by atoms with E-state index >= 15 is 0 Å². The van der Waals surface area contributed by atoms with E-state index in [9.17, 15) is 9.18 Å². The Hall–Kier alpha value is -3.48. The Balaban J connectivity index is 1.62. The molecule has 28 heavy (non-hydrogen) atoms. The number of aromatic nitrogens is 2. The van der Waals surface area contributed by atoms with E-state index in [2.05, 4.69) is 20.6 Å². The molecule has 0 saturated carbocycles. The summed E-state index contributed by atoms with van der Waals surface area (Å²) < 4.78 is 18.2. The molecular weight excluding hydrogens is 359 g/mol. The maximum Gasteiger partial charge on any atom is 0.270 e. The number of rotatable bonds is 7. The zero-order valence-corrected chi connectivity index (χ0v) is 15.7. The molecule has 0 aliphatic carbocycles. The lowest BCUT2D eigenvalue weighted by molar-refractivity contribution is 0.0949. The summed E-state index contributed by atoms with van der Waals surface area (Å²) in [6, 6.07) is 15.2. The number of nitrogens with zero attached hydrogens (tertiary/aromatic N) is 2. The zero-order valence-electron chi connectivity index (χ0n) is 15.7. The normalized spacial score (nSPS) is 10.4. The standard InChI is InChI=1S/C21H21FN4O2/c1-14-12-19(26-21(24-14)25-17-8-6-16(22)7-9-17)20(27)23-11-10-15-4-3-5-18(13-15)28-2/h3-9,12-13H,10-11H2,1-2H3,(H,23,27)(H,24,25,26). The predicted octanol–water partition coefficient (Wildman–Crippen LogP) is 3.65. The Bertz CT molecular complexity index is 961. The first-order valence-corrected chi connectivity index (χ1v) is 8.83. The number of methoxy groups -OCH3 is 1. The fourth-order valence-electron chi connectivity index (χ4n) is 2.64. The SMILES string of the molecule is COc1cccc(CCNC(=O)c2cc(C)nc(Nc3ccc(F)cc3)n2)c1. The van der Waals surface area contributed by atoms with E-state index in [0.717, 1.165) is 11.3 Å². The van der Waals surface area contributed by atoms with Gasteiger partial charge in [0.05, 0.1) is 7.11 Å². The average molecular weight is 380 g/mol. The van der Waals surface area contributed by atoms with Crippen LogP contribution in [0.15, 0.2) is 54.6 Å². The number of hydrogen-bond acceptors (Lipinski definition) is 5. The molecule has 6 nitrogen and oxygen atoms in total. The summed E-state index contributed by atoms with van der Waals surface area (Å²) in [6.45, 7) is 2.25. The molecule has 0 radical (unpaired) electrons. The van der Waals surface area contributed by atoms with Crippen LogP contribution in [0, 0.1) is 12.7 Å². The van der Waals surface area contributed by atoms with Crippen LogP contribution in [0.25, 0.3) is 0 Å². The van der Waals surface area contributed by atoms with Gasteiger partial charge in [0.25, 0.3) is 5.91 Å². The molecule has 2 aromatic carbocycles. The second kappa shape index (κ2) is 8.94. The van der Waals surface area contributed by atoms with E-state index < -0.39 is 0 Å². The van der Waals surface area contributed by atoms with Crippen molar-refractivity contribution in [2.24, 2.45) is 0 Å². The highest BCUT2D eigenvalue weighted by Crippen LogP contribution is 2.15. The molecule has 1 aromatic heterocycles. The minimum absolute atomic E-state index is 0.266. The minimum Gasteiger partial charge on any atom is -0.497 e. The van der Waals surface area contributed by atoms with Gasteiger partial charge in [-0.1, -0.05) is 12.1 Å². The number of hydrogen-bond donors (Lipinski definition) is 2. The van der Waals surface area contributed by atoms with Gasteiger partial charge in [-0.25, -0.2) is 14.4 Å². The third-order valence-corrected chi connectivity index (χ3v) is 4.02. The third-order valence-electron chi connectivity index (χ3n) is 4.02. The zero-order chi connectivity index (χ0) is 19.9. The molecule has 0 aliphatic rings. The largest absolute Gasteiger partial charge is 0.497 e. The van der Waals surface area contributed by atoms with Crippen LogP contribution >= 0.6 is 0 Å². The van der Waals surface area contributed by atoms with E-state index in [0.29, 0.717) is 24.3 Å². The first-order valence-electron chi connectivity index (χ1n) is 8.83. The van der Waals surface area contributed by atoms with E-state index in [1.807, 2.05) is 24.3 Å². The van der Waals surface area contributed by atoms with Gasteiger partial charge in [0.2, 0.25) is 5.95 Å². The molecule has 0 unspecified atom stereocenters. The molecule has 1 amide bonds. The Labute approximate surface area is 162 Å². The molecule has 2 N–H and O–H groups in total. The van der Waals surface area contributed by atoms with Gasteiger partial charge in [0.15, 0.2) is 0 Å². The number of carbonyl (C=O) groups excluding carboxylic acids is 1. The van der Waals surface area contributed by atoms with Gasteiger partial charge >= 0.3 is 0 Å². The van der Waals surface area contributed by atoms with Crippen LogP contribution in [0.1, 0.15) is 21.7 Å². The smallest absolute Gasteiger partial charge is 0.270 e. The number of aryl methyl sites for hydroxylation is 1. The van der Waals surface area contributed by atoms with Crippen molar-refractivity contribution < 1.29 is 13.9 Å². The van der Waals surface area contributed by atoms with Crippen LogP contribution in [0.5, 0.6) is 5.75 Å². The number of anilines is 2. The number of ether oxygens (including phenoxy) is 1. The lowest BCUT2D eigenvalue weighted by Gasteiger charge is -2.09. The molecular formula is C21H21FN4O2. The fraction of sp³-hybridized carbons (Fsp3) is 0.190. The van der Waals surface area contributed by atoms with E-state index in [4.69, 9.17) is 4.74 Å². The first kappa shape index (κ1) is 19.3. The summed E-state index contributed by atoms with van der Waals surface area (Å²) in [5.41, 5.74) is 2.62. The Morgan fingerprint density at radius 1 is 1.11 bits per heavy atom. The van der Waals surface area contributed by atoms with Crippen LogP contribution in [0.3, 0.4) is 0 Å². The number of nitrogens with one attached hydrogen (secondary N) is 2. The molecule has 3 rings (SSSR count). The highest BCUT2D eigenvalue weighted by Gasteiger charge is 2.11. The lowest BCUT2D eigenvalue weighted by atomic mass is 10.1. The molecule has 3 aromatic rings. The van der Waals surface area contributed by atoms with Crippen molar-refractivity contribution in [2.75, 3.05) is 19.0 Å². The number of amides is 1.